The molecule has 106 valence electrons. The molecule has 0 amide bonds. The van der Waals surface area contributed by atoms with Crippen LogP contribution in [0.25, 0.3) is 5.57 Å². The first-order valence-corrected chi connectivity index (χ1v) is 7.74. The molecule has 1 aliphatic rings. The summed E-state index contributed by atoms with van der Waals surface area (Å²) in [6.45, 7) is 4.45. The third-order valence-electron chi connectivity index (χ3n) is 4.61. The van der Waals surface area contributed by atoms with Crippen molar-refractivity contribution in [3.05, 3.63) is 113 Å². The first kappa shape index (κ1) is 13.1. The summed E-state index contributed by atoms with van der Waals surface area (Å²) >= 11 is 0. The molecule has 0 heterocycles. The van der Waals surface area contributed by atoms with E-state index in [1.165, 1.54) is 33.4 Å². The zero-order valence-electron chi connectivity index (χ0n) is 12.5. The van der Waals surface area contributed by atoms with Gasteiger partial charge in [-0.3, -0.25) is 0 Å². The lowest BCUT2D eigenvalue weighted by Gasteiger charge is -2.30. The summed E-state index contributed by atoms with van der Waals surface area (Å²) in [5.41, 5.74) is 8.04. The molecule has 3 aromatic rings. The lowest BCUT2D eigenvalue weighted by molar-refractivity contribution is 0.928. The molecular formula is C22H18. The molecule has 0 N–H and O–H groups in total. The minimum absolute atomic E-state index is 0.253. The van der Waals surface area contributed by atoms with Gasteiger partial charge in [-0.1, -0.05) is 85.4 Å². The van der Waals surface area contributed by atoms with Crippen LogP contribution in [0.2, 0.25) is 0 Å². The minimum Gasteiger partial charge on any atom is -0.0943 e. The molecule has 0 spiro atoms. The van der Waals surface area contributed by atoms with E-state index in [1.54, 1.807) is 0 Å². The smallest absolute Gasteiger partial charge is 0.0345 e. The number of hydrogen-bond donors (Lipinski definition) is 0. The minimum atomic E-state index is 0.253. The van der Waals surface area contributed by atoms with Gasteiger partial charge in [0.15, 0.2) is 0 Å². The van der Waals surface area contributed by atoms with Gasteiger partial charge in [0.1, 0.15) is 0 Å². The van der Waals surface area contributed by atoms with E-state index < -0.39 is 0 Å². The predicted octanol–water partition coefficient (Wildman–Crippen LogP) is 5.44. The van der Waals surface area contributed by atoms with Crippen LogP contribution < -0.4 is 0 Å². The highest BCUT2D eigenvalue weighted by atomic mass is 14.3. The van der Waals surface area contributed by atoms with Crippen LogP contribution in [0.5, 0.6) is 0 Å². The van der Waals surface area contributed by atoms with Crippen molar-refractivity contribution in [3.63, 3.8) is 0 Å². The summed E-state index contributed by atoms with van der Waals surface area (Å²) < 4.78 is 0. The standard InChI is InChI=1S/C22H18/c1-16(17-9-3-2-4-10-17)22-20-13-7-5-11-18(20)15-19-12-6-8-14-21(19)22/h2-14,22H,1,15H2. The van der Waals surface area contributed by atoms with Gasteiger partial charge in [0.25, 0.3) is 0 Å². The van der Waals surface area contributed by atoms with Crippen LogP contribution in [0.1, 0.15) is 33.7 Å². The fraction of sp³-hybridized carbons (Fsp3) is 0.0909. The Bertz CT molecular complexity index is 782. The summed E-state index contributed by atoms with van der Waals surface area (Å²) in [6.07, 6.45) is 1.02. The summed E-state index contributed by atoms with van der Waals surface area (Å²) in [7, 11) is 0. The Morgan fingerprint density at radius 1 is 0.682 bits per heavy atom. The first-order chi connectivity index (χ1) is 10.8. The van der Waals surface area contributed by atoms with Crippen molar-refractivity contribution in [3.8, 4) is 0 Å². The number of benzene rings is 3. The van der Waals surface area contributed by atoms with E-state index in [2.05, 4.69) is 85.4 Å². The van der Waals surface area contributed by atoms with Gasteiger partial charge in [0, 0.05) is 5.92 Å². The molecule has 0 radical (unpaired) electrons. The molecule has 0 nitrogen and oxygen atoms in total. The zero-order valence-corrected chi connectivity index (χ0v) is 12.5. The van der Waals surface area contributed by atoms with Crippen LogP contribution in [-0.4, -0.2) is 0 Å². The third-order valence-corrected chi connectivity index (χ3v) is 4.61. The topological polar surface area (TPSA) is 0 Å². The molecule has 0 fully saturated rings. The van der Waals surface area contributed by atoms with Crippen molar-refractivity contribution in [2.75, 3.05) is 0 Å². The number of rotatable bonds is 2. The van der Waals surface area contributed by atoms with Crippen molar-refractivity contribution in [2.45, 2.75) is 12.3 Å². The van der Waals surface area contributed by atoms with Crippen LogP contribution in [0, 0.1) is 0 Å². The third kappa shape index (κ3) is 2.08. The van der Waals surface area contributed by atoms with Gasteiger partial charge in [-0.25, -0.2) is 0 Å². The predicted molar refractivity (Wildman–Crippen MR) is 93.0 cm³/mol. The Balaban J connectivity index is 1.90. The SMILES string of the molecule is C=C(c1ccccc1)C1c2ccccc2Cc2ccccc21. The van der Waals surface area contributed by atoms with Gasteiger partial charge in [-0.2, -0.15) is 0 Å². The van der Waals surface area contributed by atoms with Crippen LogP contribution in [-0.2, 0) is 6.42 Å². The Morgan fingerprint density at radius 2 is 1.18 bits per heavy atom. The highest BCUT2D eigenvalue weighted by Crippen LogP contribution is 2.43. The van der Waals surface area contributed by atoms with E-state index in [0.29, 0.717) is 0 Å². The average Bonchev–Trinajstić information content (AvgIpc) is 2.60. The molecule has 1 aliphatic carbocycles. The quantitative estimate of drug-likeness (QED) is 0.587. The molecule has 0 aliphatic heterocycles. The summed E-state index contributed by atoms with van der Waals surface area (Å²) in [6, 6.07) is 28.1. The Labute approximate surface area is 131 Å². The number of hydrogen-bond acceptors (Lipinski definition) is 0. The Morgan fingerprint density at radius 3 is 1.77 bits per heavy atom. The molecule has 0 atom stereocenters. The average molecular weight is 282 g/mol. The van der Waals surface area contributed by atoms with Crippen molar-refractivity contribution in [1.82, 2.24) is 0 Å². The Hall–Kier alpha value is -2.60. The second-order valence-electron chi connectivity index (χ2n) is 5.90. The second kappa shape index (κ2) is 5.31. The molecule has 0 saturated heterocycles. The normalized spacial score (nSPS) is 13.3. The fourth-order valence-corrected chi connectivity index (χ4v) is 3.52. The van der Waals surface area contributed by atoms with Gasteiger partial charge < -0.3 is 0 Å². The van der Waals surface area contributed by atoms with E-state index in [-0.39, 0.29) is 5.92 Å². The summed E-state index contributed by atoms with van der Waals surface area (Å²) in [4.78, 5) is 0. The second-order valence-corrected chi connectivity index (χ2v) is 5.90. The maximum atomic E-state index is 4.45. The maximum absolute atomic E-state index is 4.45. The van der Waals surface area contributed by atoms with E-state index in [1.807, 2.05) is 0 Å². The zero-order chi connectivity index (χ0) is 14.9. The molecule has 0 bridgehead atoms. The highest BCUT2D eigenvalue weighted by molar-refractivity contribution is 5.75. The van der Waals surface area contributed by atoms with E-state index >= 15 is 0 Å². The van der Waals surface area contributed by atoms with Crippen molar-refractivity contribution < 1.29 is 0 Å². The molecule has 0 saturated carbocycles. The van der Waals surface area contributed by atoms with Gasteiger partial charge in [0.2, 0.25) is 0 Å². The number of fused-ring (bicyclic) bond motifs is 2. The monoisotopic (exact) mass is 282 g/mol. The van der Waals surface area contributed by atoms with Crippen LogP contribution >= 0.6 is 0 Å². The largest absolute Gasteiger partial charge is 0.0943 e. The van der Waals surface area contributed by atoms with Crippen molar-refractivity contribution in [1.29, 1.82) is 0 Å². The summed E-state index contributed by atoms with van der Waals surface area (Å²) in [5.74, 6) is 0.253. The van der Waals surface area contributed by atoms with Crippen molar-refractivity contribution >= 4 is 5.57 Å². The molecule has 0 aromatic heterocycles. The van der Waals surface area contributed by atoms with E-state index in [4.69, 9.17) is 0 Å². The summed E-state index contributed by atoms with van der Waals surface area (Å²) in [5, 5.41) is 0. The van der Waals surface area contributed by atoms with Crippen molar-refractivity contribution in [2.24, 2.45) is 0 Å². The van der Waals surface area contributed by atoms with Gasteiger partial charge in [-0.05, 0) is 39.8 Å². The highest BCUT2D eigenvalue weighted by Gasteiger charge is 2.27. The van der Waals surface area contributed by atoms with Crippen LogP contribution in [0.4, 0.5) is 0 Å². The molecule has 22 heavy (non-hydrogen) atoms. The van der Waals surface area contributed by atoms with E-state index in [9.17, 15) is 0 Å². The molecular weight excluding hydrogens is 264 g/mol. The molecule has 4 rings (SSSR count). The van der Waals surface area contributed by atoms with Gasteiger partial charge in [-0.15, -0.1) is 0 Å². The van der Waals surface area contributed by atoms with Crippen LogP contribution in [0.15, 0.2) is 85.4 Å². The van der Waals surface area contributed by atoms with Gasteiger partial charge in [0.05, 0.1) is 0 Å². The fourth-order valence-electron chi connectivity index (χ4n) is 3.52. The molecule has 3 aromatic carbocycles. The molecule has 0 unspecified atom stereocenters. The first-order valence-electron chi connectivity index (χ1n) is 7.74. The maximum Gasteiger partial charge on any atom is 0.0345 e. The van der Waals surface area contributed by atoms with E-state index in [0.717, 1.165) is 6.42 Å². The lowest BCUT2D eigenvalue weighted by atomic mass is 9.73. The molecule has 0 heteroatoms. The number of allylic oxidation sites excluding steroid dienone is 1. The Kier molecular flexibility index (Phi) is 3.16. The van der Waals surface area contributed by atoms with Crippen LogP contribution in [0.3, 0.4) is 0 Å². The van der Waals surface area contributed by atoms with Gasteiger partial charge >= 0.3 is 0 Å². The lowest BCUT2D eigenvalue weighted by Crippen LogP contribution is -2.14.